The van der Waals surface area contributed by atoms with E-state index in [4.69, 9.17) is 14.6 Å². The molecule has 1 aliphatic rings. The van der Waals surface area contributed by atoms with Crippen molar-refractivity contribution in [2.75, 3.05) is 6.61 Å². The van der Waals surface area contributed by atoms with Crippen molar-refractivity contribution in [2.45, 2.75) is 51.4 Å². The minimum absolute atomic E-state index is 0.0835. The van der Waals surface area contributed by atoms with E-state index < -0.39 is 5.97 Å². The third-order valence-electron chi connectivity index (χ3n) is 2.32. The molecule has 82 valence electrons. The number of rotatable bonds is 4. The van der Waals surface area contributed by atoms with Gasteiger partial charge in [-0.05, 0) is 26.7 Å². The molecule has 1 fully saturated rings. The predicted octanol–water partition coefficient (Wildman–Crippen LogP) is 1.43. The largest absolute Gasteiger partial charge is 0.481 e. The lowest BCUT2D eigenvalue weighted by atomic mass is 10.0. The number of aliphatic carboxylic acids is 1. The average Bonchev–Trinajstić information content (AvgIpc) is 2.01. The van der Waals surface area contributed by atoms with Gasteiger partial charge in [0, 0.05) is 0 Å². The third kappa shape index (κ3) is 4.07. The van der Waals surface area contributed by atoms with Crippen LogP contribution in [0.15, 0.2) is 0 Å². The molecule has 1 heterocycles. The summed E-state index contributed by atoms with van der Waals surface area (Å²) in [6.07, 6.45) is 2.41. The van der Waals surface area contributed by atoms with E-state index in [1.54, 1.807) is 0 Å². The Kier molecular flexibility index (Phi) is 4.35. The topological polar surface area (TPSA) is 55.8 Å². The molecule has 1 rings (SSSR count). The van der Waals surface area contributed by atoms with Crippen LogP contribution >= 0.6 is 0 Å². The van der Waals surface area contributed by atoms with Crippen LogP contribution in [0.3, 0.4) is 0 Å². The van der Waals surface area contributed by atoms with Gasteiger partial charge in [-0.3, -0.25) is 4.79 Å². The molecule has 1 aliphatic heterocycles. The van der Waals surface area contributed by atoms with E-state index >= 15 is 0 Å². The highest BCUT2D eigenvalue weighted by molar-refractivity contribution is 5.66. The second kappa shape index (κ2) is 5.32. The summed E-state index contributed by atoms with van der Waals surface area (Å²) < 4.78 is 11.0. The first kappa shape index (κ1) is 11.5. The van der Waals surface area contributed by atoms with Gasteiger partial charge >= 0.3 is 5.97 Å². The molecule has 0 aromatic heterocycles. The first-order chi connectivity index (χ1) is 6.58. The van der Waals surface area contributed by atoms with Gasteiger partial charge in [0.2, 0.25) is 0 Å². The van der Waals surface area contributed by atoms with Gasteiger partial charge < -0.3 is 14.6 Å². The van der Waals surface area contributed by atoms with Crippen molar-refractivity contribution in [3.05, 3.63) is 0 Å². The van der Waals surface area contributed by atoms with Gasteiger partial charge in [0.05, 0.1) is 31.3 Å². The zero-order chi connectivity index (χ0) is 10.6. The Bertz CT molecular complexity index is 183. The van der Waals surface area contributed by atoms with Crippen molar-refractivity contribution in [2.24, 2.45) is 0 Å². The number of ether oxygens (including phenoxy) is 2. The smallest absolute Gasteiger partial charge is 0.305 e. The molecular formula is C10H18O4. The zero-order valence-electron chi connectivity index (χ0n) is 8.73. The summed E-state index contributed by atoms with van der Waals surface area (Å²) >= 11 is 0. The maximum atomic E-state index is 10.3. The lowest BCUT2D eigenvalue weighted by molar-refractivity contribution is -0.140. The molecule has 0 saturated carbocycles. The molecule has 1 N–H and O–H groups in total. The standard InChI is InChI=1S/C10H18O4/c1-7-5-9(6-8(2)14-7)13-4-3-10(11)12/h7-9H,3-6H2,1-2H3,(H,11,12)/t7-,8+,9?. The molecule has 0 aliphatic carbocycles. The fraction of sp³-hybridized carbons (Fsp3) is 0.900. The van der Waals surface area contributed by atoms with Crippen LogP contribution in [0, 0.1) is 0 Å². The molecule has 3 atom stereocenters. The summed E-state index contributed by atoms with van der Waals surface area (Å²) in [5, 5.41) is 8.44. The zero-order valence-corrected chi connectivity index (χ0v) is 8.73. The lowest BCUT2D eigenvalue weighted by Crippen LogP contribution is -2.34. The normalized spacial score (nSPS) is 32.9. The third-order valence-corrected chi connectivity index (χ3v) is 2.32. The molecule has 0 aromatic rings. The Balaban J connectivity index is 2.20. The van der Waals surface area contributed by atoms with Crippen molar-refractivity contribution in [3.63, 3.8) is 0 Å². The Hall–Kier alpha value is -0.610. The molecule has 1 unspecified atom stereocenters. The Morgan fingerprint density at radius 2 is 2.00 bits per heavy atom. The van der Waals surface area contributed by atoms with Crippen LogP contribution in [0.2, 0.25) is 0 Å². The van der Waals surface area contributed by atoms with Crippen LogP contribution in [0.5, 0.6) is 0 Å². The molecule has 0 bridgehead atoms. The minimum atomic E-state index is -0.807. The van der Waals surface area contributed by atoms with E-state index in [1.165, 1.54) is 0 Å². The van der Waals surface area contributed by atoms with Gasteiger partial charge in [-0.1, -0.05) is 0 Å². The highest BCUT2D eigenvalue weighted by Gasteiger charge is 2.24. The second-order valence-electron chi connectivity index (χ2n) is 3.87. The van der Waals surface area contributed by atoms with Crippen LogP contribution in [0.4, 0.5) is 0 Å². The SMILES string of the molecule is C[C@@H]1CC(OCCC(=O)O)C[C@H](C)O1. The molecule has 4 heteroatoms. The van der Waals surface area contributed by atoms with Crippen LogP contribution in [-0.4, -0.2) is 36.0 Å². The van der Waals surface area contributed by atoms with Gasteiger partial charge in [-0.15, -0.1) is 0 Å². The van der Waals surface area contributed by atoms with E-state index in [0.29, 0.717) is 6.61 Å². The first-order valence-corrected chi connectivity index (χ1v) is 5.06. The van der Waals surface area contributed by atoms with E-state index in [-0.39, 0.29) is 24.7 Å². The number of carbonyl (C=O) groups is 1. The van der Waals surface area contributed by atoms with Crippen molar-refractivity contribution in [1.29, 1.82) is 0 Å². The Morgan fingerprint density at radius 1 is 1.43 bits per heavy atom. The molecular weight excluding hydrogens is 184 g/mol. The average molecular weight is 202 g/mol. The van der Waals surface area contributed by atoms with E-state index in [9.17, 15) is 4.79 Å². The van der Waals surface area contributed by atoms with Gasteiger partial charge in [0.1, 0.15) is 0 Å². The summed E-state index contributed by atoms with van der Waals surface area (Å²) in [5.74, 6) is -0.807. The van der Waals surface area contributed by atoms with E-state index in [2.05, 4.69) is 0 Å². The fourth-order valence-electron chi connectivity index (χ4n) is 1.79. The van der Waals surface area contributed by atoms with E-state index in [0.717, 1.165) is 12.8 Å². The highest BCUT2D eigenvalue weighted by Crippen LogP contribution is 2.21. The van der Waals surface area contributed by atoms with Crippen molar-refractivity contribution >= 4 is 5.97 Å². The number of hydrogen-bond donors (Lipinski definition) is 1. The lowest BCUT2D eigenvalue weighted by Gasteiger charge is -2.31. The van der Waals surface area contributed by atoms with Crippen LogP contribution in [0.25, 0.3) is 0 Å². The fourth-order valence-corrected chi connectivity index (χ4v) is 1.79. The summed E-state index contributed by atoms with van der Waals surface area (Å²) in [6.45, 7) is 4.34. The number of carboxylic acids is 1. The molecule has 14 heavy (non-hydrogen) atoms. The van der Waals surface area contributed by atoms with Crippen LogP contribution in [-0.2, 0) is 14.3 Å². The maximum absolute atomic E-state index is 10.3. The van der Waals surface area contributed by atoms with Crippen molar-refractivity contribution in [3.8, 4) is 0 Å². The van der Waals surface area contributed by atoms with Crippen molar-refractivity contribution < 1.29 is 19.4 Å². The molecule has 0 radical (unpaired) electrons. The molecule has 4 nitrogen and oxygen atoms in total. The van der Waals surface area contributed by atoms with E-state index in [1.807, 2.05) is 13.8 Å². The Labute approximate surface area is 84.2 Å². The first-order valence-electron chi connectivity index (χ1n) is 5.06. The number of hydrogen-bond acceptors (Lipinski definition) is 3. The van der Waals surface area contributed by atoms with Crippen molar-refractivity contribution in [1.82, 2.24) is 0 Å². The number of carboxylic acid groups (broad SMARTS) is 1. The Morgan fingerprint density at radius 3 is 2.50 bits per heavy atom. The second-order valence-corrected chi connectivity index (χ2v) is 3.87. The quantitative estimate of drug-likeness (QED) is 0.749. The molecule has 1 saturated heterocycles. The van der Waals surface area contributed by atoms with Crippen LogP contribution in [0.1, 0.15) is 33.1 Å². The van der Waals surface area contributed by atoms with Crippen LogP contribution < -0.4 is 0 Å². The highest BCUT2D eigenvalue weighted by atomic mass is 16.5. The minimum Gasteiger partial charge on any atom is -0.481 e. The molecule has 0 spiro atoms. The maximum Gasteiger partial charge on any atom is 0.305 e. The van der Waals surface area contributed by atoms with Gasteiger partial charge in [0.15, 0.2) is 0 Å². The van der Waals surface area contributed by atoms with Gasteiger partial charge in [-0.25, -0.2) is 0 Å². The summed E-state index contributed by atoms with van der Waals surface area (Å²) in [4.78, 5) is 10.3. The summed E-state index contributed by atoms with van der Waals surface area (Å²) in [6, 6.07) is 0. The summed E-state index contributed by atoms with van der Waals surface area (Å²) in [7, 11) is 0. The predicted molar refractivity (Wildman–Crippen MR) is 51.2 cm³/mol. The molecule has 0 amide bonds. The summed E-state index contributed by atoms with van der Waals surface area (Å²) in [5.41, 5.74) is 0. The van der Waals surface area contributed by atoms with Gasteiger partial charge in [0.25, 0.3) is 0 Å². The van der Waals surface area contributed by atoms with Gasteiger partial charge in [-0.2, -0.15) is 0 Å². The monoisotopic (exact) mass is 202 g/mol. The molecule has 0 aromatic carbocycles.